The van der Waals surface area contributed by atoms with E-state index in [-0.39, 0.29) is 16.7 Å². The van der Waals surface area contributed by atoms with Crippen LogP contribution in [0.3, 0.4) is 0 Å². The van der Waals surface area contributed by atoms with Gasteiger partial charge >= 0.3 is 0 Å². The molecule has 1 aliphatic heterocycles. The fourth-order valence-electron chi connectivity index (χ4n) is 3.05. The molecule has 3 aromatic rings. The maximum atomic E-state index is 12.9. The number of aromatic nitrogens is 2. The number of hydrogen-bond acceptors (Lipinski definition) is 6. The number of nitrogens with one attached hydrogen (secondary N) is 2. The number of benzene rings is 2. The quantitative estimate of drug-likeness (QED) is 0.649. The normalized spacial score (nSPS) is 14.5. The minimum Gasteiger partial charge on any atom is -0.439 e. The lowest BCUT2D eigenvalue weighted by molar-refractivity contribution is 0.102. The van der Waals surface area contributed by atoms with E-state index in [1.807, 2.05) is 6.92 Å². The maximum absolute atomic E-state index is 12.9. The summed E-state index contributed by atoms with van der Waals surface area (Å²) in [4.78, 5) is 21.1. The fourth-order valence-corrected chi connectivity index (χ4v) is 4.04. The molecule has 0 unspecified atom stereocenters. The predicted molar refractivity (Wildman–Crippen MR) is 113 cm³/mol. The van der Waals surface area contributed by atoms with Crippen molar-refractivity contribution in [2.45, 2.75) is 18.2 Å². The Bertz CT molecular complexity index is 1270. The number of sulfonamides is 1. The molecule has 0 saturated carbocycles. The van der Waals surface area contributed by atoms with Crippen LogP contribution in [0.4, 0.5) is 11.6 Å². The van der Waals surface area contributed by atoms with Gasteiger partial charge in [-0.2, -0.15) is 4.98 Å². The van der Waals surface area contributed by atoms with E-state index in [4.69, 9.17) is 4.74 Å². The Balaban J connectivity index is 1.95. The van der Waals surface area contributed by atoms with Crippen molar-refractivity contribution in [2.75, 3.05) is 10.0 Å². The van der Waals surface area contributed by atoms with Crippen LogP contribution in [-0.2, 0) is 16.4 Å². The first-order valence-corrected chi connectivity index (χ1v) is 10.6. The van der Waals surface area contributed by atoms with E-state index in [1.165, 1.54) is 24.3 Å². The molecule has 1 aliphatic rings. The third-order valence-electron chi connectivity index (χ3n) is 4.49. The molecule has 2 aromatic carbocycles. The van der Waals surface area contributed by atoms with Gasteiger partial charge in [0.25, 0.3) is 15.9 Å². The van der Waals surface area contributed by atoms with Crippen LogP contribution >= 0.6 is 0 Å². The van der Waals surface area contributed by atoms with Crippen LogP contribution < -0.4 is 14.8 Å². The molecule has 30 heavy (non-hydrogen) atoms. The summed E-state index contributed by atoms with van der Waals surface area (Å²) in [7, 11) is -4.01. The first-order valence-electron chi connectivity index (χ1n) is 9.15. The average Bonchev–Trinajstić information content (AvgIpc) is 2.73. The average molecular weight is 422 g/mol. The van der Waals surface area contributed by atoms with Crippen LogP contribution in [0, 0.1) is 0 Å². The molecule has 2 heterocycles. The van der Waals surface area contributed by atoms with Gasteiger partial charge in [0, 0.05) is 16.8 Å². The summed E-state index contributed by atoms with van der Waals surface area (Å²) < 4.78 is 34.0. The number of anilines is 2. The van der Waals surface area contributed by atoms with Gasteiger partial charge in [-0.1, -0.05) is 25.6 Å². The van der Waals surface area contributed by atoms with E-state index in [0.717, 1.165) is 0 Å². The monoisotopic (exact) mass is 422 g/mol. The molecule has 0 radical (unpaired) electrons. The van der Waals surface area contributed by atoms with Crippen molar-refractivity contribution in [2.24, 2.45) is 0 Å². The van der Waals surface area contributed by atoms with Gasteiger partial charge in [0.15, 0.2) is 0 Å². The van der Waals surface area contributed by atoms with Gasteiger partial charge in [0.05, 0.1) is 10.6 Å². The molecule has 4 rings (SSSR count). The Labute approximate surface area is 173 Å². The number of carbonyl (C=O) groups excluding carboxylic acids is 1. The minimum absolute atomic E-state index is 0.0445. The molecule has 8 nitrogen and oxygen atoms in total. The molecular formula is C21H18N4O4S. The van der Waals surface area contributed by atoms with Gasteiger partial charge < -0.3 is 10.1 Å². The van der Waals surface area contributed by atoms with Gasteiger partial charge in [-0.3, -0.25) is 4.79 Å². The highest BCUT2D eigenvalue weighted by atomic mass is 32.2. The standard InChI is InChI=1S/C21H18N4O4S/c1-3-17-18(4-2)23-21-24-20(17)29-15-9-5-7-13(11-15)19(26)22-14-8-6-10-16(12-14)30(27,28)25-21/h4-12H,2-3H2,1H3,(H,22,26)(H,23,24,25). The second-order valence-electron chi connectivity index (χ2n) is 6.49. The van der Waals surface area contributed by atoms with Gasteiger partial charge in [-0.05, 0) is 48.9 Å². The van der Waals surface area contributed by atoms with Crippen molar-refractivity contribution in [1.82, 2.24) is 9.97 Å². The van der Waals surface area contributed by atoms with E-state index in [0.29, 0.717) is 34.7 Å². The molecular weight excluding hydrogens is 404 g/mol. The number of hydrogen-bond donors (Lipinski definition) is 2. The lowest BCUT2D eigenvalue weighted by Crippen LogP contribution is -2.18. The Morgan fingerprint density at radius 2 is 1.93 bits per heavy atom. The van der Waals surface area contributed by atoms with Crippen molar-refractivity contribution in [3.05, 3.63) is 71.9 Å². The smallest absolute Gasteiger partial charge is 0.264 e. The molecule has 0 aliphatic carbocycles. The summed E-state index contributed by atoms with van der Waals surface area (Å²) in [5.41, 5.74) is 1.81. The molecule has 9 heteroatoms. The van der Waals surface area contributed by atoms with Crippen LogP contribution in [0.15, 0.2) is 60.0 Å². The first kappa shape index (κ1) is 19.6. The number of fused-ring (bicyclic) bond motifs is 6. The van der Waals surface area contributed by atoms with Crippen molar-refractivity contribution >= 4 is 33.6 Å². The van der Waals surface area contributed by atoms with Gasteiger partial charge in [-0.15, -0.1) is 0 Å². The zero-order valence-electron chi connectivity index (χ0n) is 16.0. The number of rotatable bonds is 2. The largest absolute Gasteiger partial charge is 0.439 e. The number of amides is 1. The second kappa shape index (κ2) is 7.60. The highest BCUT2D eigenvalue weighted by molar-refractivity contribution is 7.92. The molecule has 2 N–H and O–H groups in total. The van der Waals surface area contributed by atoms with E-state index in [9.17, 15) is 13.2 Å². The highest BCUT2D eigenvalue weighted by Crippen LogP contribution is 2.29. The molecule has 6 bridgehead atoms. The summed E-state index contributed by atoms with van der Waals surface area (Å²) >= 11 is 0. The Hall–Kier alpha value is -3.72. The van der Waals surface area contributed by atoms with Crippen LogP contribution in [0.5, 0.6) is 11.6 Å². The SMILES string of the molecule is C=Cc1nc2nc(c1CC)Oc1cccc(c1)C(=O)Nc1cccc(c1)S(=O)(=O)N2. The van der Waals surface area contributed by atoms with Crippen molar-refractivity contribution < 1.29 is 17.9 Å². The Morgan fingerprint density at radius 1 is 1.13 bits per heavy atom. The summed E-state index contributed by atoms with van der Waals surface area (Å²) in [6, 6.07) is 12.5. The number of nitrogens with zero attached hydrogens (tertiary/aromatic N) is 2. The molecule has 1 amide bonds. The molecule has 152 valence electrons. The summed E-state index contributed by atoms with van der Waals surface area (Å²) in [6.45, 7) is 5.65. The zero-order chi connectivity index (χ0) is 21.3. The summed E-state index contributed by atoms with van der Waals surface area (Å²) in [6.07, 6.45) is 2.05. The molecule has 0 spiro atoms. The lowest BCUT2D eigenvalue weighted by atomic mass is 10.1. The molecule has 1 aromatic heterocycles. The van der Waals surface area contributed by atoms with E-state index >= 15 is 0 Å². The third-order valence-corrected chi connectivity index (χ3v) is 5.81. The van der Waals surface area contributed by atoms with Gasteiger partial charge in [0.2, 0.25) is 11.8 Å². The Kier molecular flexibility index (Phi) is 4.96. The molecule has 0 atom stereocenters. The Morgan fingerprint density at radius 3 is 2.70 bits per heavy atom. The van der Waals surface area contributed by atoms with Crippen LogP contribution in [0.25, 0.3) is 6.08 Å². The van der Waals surface area contributed by atoms with Crippen molar-refractivity contribution in [3.63, 3.8) is 0 Å². The number of ether oxygens (including phenoxy) is 1. The fraction of sp³-hybridized carbons (Fsp3) is 0.0952. The van der Waals surface area contributed by atoms with Crippen LogP contribution in [0.2, 0.25) is 0 Å². The summed E-state index contributed by atoms with van der Waals surface area (Å²) in [5.74, 6) is 0.0276. The van der Waals surface area contributed by atoms with Crippen molar-refractivity contribution in [3.8, 4) is 11.6 Å². The van der Waals surface area contributed by atoms with Gasteiger partial charge in [-0.25, -0.2) is 18.1 Å². The van der Waals surface area contributed by atoms with E-state index < -0.39 is 15.9 Å². The second-order valence-corrected chi connectivity index (χ2v) is 8.17. The third kappa shape index (κ3) is 3.74. The number of carbonyl (C=O) groups is 1. The maximum Gasteiger partial charge on any atom is 0.264 e. The highest BCUT2D eigenvalue weighted by Gasteiger charge is 2.21. The molecule has 0 fully saturated rings. The topological polar surface area (TPSA) is 110 Å². The van der Waals surface area contributed by atoms with Crippen LogP contribution in [-0.4, -0.2) is 24.3 Å². The predicted octanol–water partition coefficient (Wildman–Crippen LogP) is 3.84. The minimum atomic E-state index is -4.01. The van der Waals surface area contributed by atoms with Gasteiger partial charge in [0.1, 0.15) is 5.75 Å². The van der Waals surface area contributed by atoms with E-state index in [1.54, 1.807) is 30.3 Å². The zero-order valence-corrected chi connectivity index (χ0v) is 16.9. The summed E-state index contributed by atoms with van der Waals surface area (Å²) in [5, 5.41) is 2.70. The first-order chi connectivity index (χ1) is 14.4. The lowest BCUT2D eigenvalue weighted by Gasteiger charge is -2.16. The van der Waals surface area contributed by atoms with E-state index in [2.05, 4.69) is 26.6 Å². The van der Waals surface area contributed by atoms with Crippen LogP contribution in [0.1, 0.15) is 28.5 Å². The van der Waals surface area contributed by atoms with Crippen molar-refractivity contribution in [1.29, 1.82) is 0 Å². The molecule has 0 saturated heterocycles.